The van der Waals surface area contributed by atoms with Crippen molar-refractivity contribution in [1.82, 2.24) is 0 Å². The lowest BCUT2D eigenvalue weighted by Crippen LogP contribution is -2.53. The predicted octanol–water partition coefficient (Wildman–Crippen LogP) is 5.15. The van der Waals surface area contributed by atoms with E-state index in [-0.39, 0.29) is 11.3 Å². The van der Waals surface area contributed by atoms with E-state index >= 15 is 0 Å². The second-order valence-corrected chi connectivity index (χ2v) is 9.95. The summed E-state index contributed by atoms with van der Waals surface area (Å²) in [6.45, 7) is 2.57. The summed E-state index contributed by atoms with van der Waals surface area (Å²) in [5, 5.41) is 3.10. The number of rotatable bonds is 5. The Kier molecular flexibility index (Phi) is 4.14. The van der Waals surface area contributed by atoms with E-state index < -0.39 is 0 Å². The number of alkyl halides is 1. The summed E-state index contributed by atoms with van der Waals surface area (Å²) < 4.78 is 5.93. The van der Waals surface area contributed by atoms with Gasteiger partial charge in [0.1, 0.15) is 5.75 Å². The van der Waals surface area contributed by atoms with E-state index in [1.54, 1.807) is 0 Å². The number of hydrogen-bond donors (Lipinski definition) is 1. The molecule has 5 rings (SSSR count). The highest BCUT2D eigenvalue weighted by Gasteiger charge is 2.57. The smallest absolute Gasteiger partial charge is 0.225 e. The van der Waals surface area contributed by atoms with Gasteiger partial charge in [-0.25, -0.2) is 0 Å². The number of carbonyl (C=O) groups is 1. The lowest BCUT2D eigenvalue weighted by molar-refractivity contribution is -0.123. The number of anilines is 1. The van der Waals surface area contributed by atoms with E-state index in [9.17, 15) is 4.79 Å². The minimum absolute atomic E-state index is 0.139. The summed E-state index contributed by atoms with van der Waals surface area (Å²) in [6.07, 6.45) is 8.26. The standard InChI is InChI=1S/C20H26BrNO2/c1-2-24-17-6-4-3-5-16(17)22-18(23)12-19-8-14-7-15(9-19)11-20(21,10-14)13-19/h3-6,14-15H,2,7-13H2,1H3,(H,22,23)/t14-,15-,19?,20?/m1/s1. The molecular weight excluding hydrogens is 366 g/mol. The Labute approximate surface area is 152 Å². The Morgan fingerprint density at radius 3 is 2.62 bits per heavy atom. The largest absolute Gasteiger partial charge is 0.492 e. The number of nitrogens with one attached hydrogen (secondary N) is 1. The molecule has 0 aliphatic heterocycles. The average molecular weight is 392 g/mol. The topological polar surface area (TPSA) is 38.3 Å². The zero-order valence-electron chi connectivity index (χ0n) is 14.3. The molecule has 4 bridgehead atoms. The zero-order valence-corrected chi connectivity index (χ0v) is 15.9. The number of carbonyl (C=O) groups excluding carboxylic acids is 1. The molecule has 0 saturated heterocycles. The van der Waals surface area contributed by atoms with Gasteiger partial charge < -0.3 is 10.1 Å². The van der Waals surface area contributed by atoms with Crippen LogP contribution in [-0.4, -0.2) is 16.8 Å². The quantitative estimate of drug-likeness (QED) is 0.704. The second-order valence-electron chi connectivity index (χ2n) is 8.27. The molecule has 1 aromatic carbocycles. The van der Waals surface area contributed by atoms with Crippen molar-refractivity contribution in [3.63, 3.8) is 0 Å². The third-order valence-corrected chi connectivity index (χ3v) is 7.04. The summed E-state index contributed by atoms with van der Waals surface area (Å²) in [4.78, 5) is 12.8. The summed E-state index contributed by atoms with van der Waals surface area (Å²) in [7, 11) is 0. The average Bonchev–Trinajstić information content (AvgIpc) is 2.46. The highest BCUT2D eigenvalue weighted by Crippen LogP contribution is 2.65. The van der Waals surface area contributed by atoms with Crippen LogP contribution in [0.5, 0.6) is 5.75 Å². The fraction of sp³-hybridized carbons (Fsp3) is 0.650. The van der Waals surface area contributed by atoms with E-state index in [4.69, 9.17) is 4.74 Å². The fourth-order valence-corrected chi connectivity index (χ4v) is 7.44. The molecule has 4 fully saturated rings. The lowest BCUT2D eigenvalue weighted by Gasteiger charge is -2.60. The van der Waals surface area contributed by atoms with Crippen LogP contribution in [0.15, 0.2) is 24.3 Å². The Morgan fingerprint density at radius 1 is 1.25 bits per heavy atom. The molecule has 1 amide bonds. The molecular formula is C20H26BrNO2. The first-order chi connectivity index (χ1) is 11.5. The molecule has 1 N–H and O–H groups in total. The van der Waals surface area contributed by atoms with Gasteiger partial charge >= 0.3 is 0 Å². The van der Waals surface area contributed by atoms with Crippen LogP contribution in [0.1, 0.15) is 51.9 Å². The molecule has 0 aromatic heterocycles. The molecule has 0 heterocycles. The molecule has 0 radical (unpaired) electrons. The molecule has 4 saturated carbocycles. The van der Waals surface area contributed by atoms with Crippen LogP contribution >= 0.6 is 15.9 Å². The van der Waals surface area contributed by atoms with Crippen molar-refractivity contribution in [1.29, 1.82) is 0 Å². The molecule has 1 aromatic rings. The van der Waals surface area contributed by atoms with Crippen LogP contribution in [-0.2, 0) is 4.79 Å². The molecule has 130 valence electrons. The number of ether oxygens (including phenoxy) is 1. The van der Waals surface area contributed by atoms with E-state index in [2.05, 4.69) is 21.2 Å². The third-order valence-electron chi connectivity index (χ3n) is 6.11. The minimum atomic E-state index is 0.139. The van der Waals surface area contributed by atoms with Crippen LogP contribution in [0, 0.1) is 17.3 Å². The Bertz CT molecular complexity index is 630. The Balaban J connectivity index is 1.47. The van der Waals surface area contributed by atoms with Gasteiger partial charge in [-0.15, -0.1) is 0 Å². The van der Waals surface area contributed by atoms with Crippen molar-refractivity contribution in [2.45, 2.75) is 56.2 Å². The highest BCUT2D eigenvalue weighted by molar-refractivity contribution is 9.10. The van der Waals surface area contributed by atoms with Crippen molar-refractivity contribution in [3.8, 4) is 5.75 Å². The van der Waals surface area contributed by atoms with Crippen molar-refractivity contribution in [2.24, 2.45) is 17.3 Å². The zero-order chi connectivity index (χ0) is 16.8. The van der Waals surface area contributed by atoms with Crippen LogP contribution in [0.4, 0.5) is 5.69 Å². The van der Waals surface area contributed by atoms with E-state index in [0.717, 1.165) is 29.7 Å². The molecule has 2 atom stereocenters. The number of halogens is 1. The number of para-hydroxylation sites is 2. The van der Waals surface area contributed by atoms with E-state index in [0.29, 0.717) is 17.4 Å². The highest BCUT2D eigenvalue weighted by atomic mass is 79.9. The first-order valence-electron chi connectivity index (χ1n) is 9.20. The maximum absolute atomic E-state index is 12.8. The summed E-state index contributed by atoms with van der Waals surface area (Å²) in [5.74, 6) is 2.53. The first kappa shape index (κ1) is 16.4. The number of benzene rings is 1. The van der Waals surface area contributed by atoms with Gasteiger partial charge in [0, 0.05) is 10.7 Å². The summed E-state index contributed by atoms with van der Waals surface area (Å²) in [6, 6.07) is 7.72. The molecule has 4 heteroatoms. The van der Waals surface area contributed by atoms with Crippen LogP contribution < -0.4 is 10.1 Å². The molecule has 0 unspecified atom stereocenters. The van der Waals surface area contributed by atoms with Gasteiger partial charge in [-0.1, -0.05) is 28.1 Å². The van der Waals surface area contributed by atoms with Crippen LogP contribution in [0.2, 0.25) is 0 Å². The second kappa shape index (κ2) is 6.05. The Morgan fingerprint density at radius 2 is 1.96 bits per heavy atom. The van der Waals surface area contributed by atoms with Crippen molar-refractivity contribution >= 4 is 27.5 Å². The third kappa shape index (κ3) is 3.10. The molecule has 24 heavy (non-hydrogen) atoms. The lowest BCUT2D eigenvalue weighted by atomic mass is 9.48. The maximum atomic E-state index is 12.8. The molecule has 4 aliphatic rings. The van der Waals surface area contributed by atoms with E-state index in [1.807, 2.05) is 31.2 Å². The van der Waals surface area contributed by atoms with Gasteiger partial charge in [0.25, 0.3) is 0 Å². The van der Waals surface area contributed by atoms with Crippen molar-refractivity contribution in [2.75, 3.05) is 11.9 Å². The monoisotopic (exact) mass is 391 g/mol. The van der Waals surface area contributed by atoms with Crippen LogP contribution in [0.25, 0.3) is 0 Å². The van der Waals surface area contributed by atoms with Crippen LogP contribution in [0.3, 0.4) is 0 Å². The molecule has 3 nitrogen and oxygen atoms in total. The first-order valence-corrected chi connectivity index (χ1v) is 9.99. The van der Waals surface area contributed by atoms with Gasteiger partial charge in [-0.05, 0) is 74.8 Å². The van der Waals surface area contributed by atoms with Gasteiger partial charge in [0.05, 0.1) is 12.3 Å². The Hall–Kier alpha value is -1.03. The van der Waals surface area contributed by atoms with Gasteiger partial charge in [0.15, 0.2) is 0 Å². The van der Waals surface area contributed by atoms with E-state index in [1.165, 1.54) is 32.1 Å². The van der Waals surface area contributed by atoms with Gasteiger partial charge in [-0.3, -0.25) is 4.79 Å². The number of hydrogen-bond acceptors (Lipinski definition) is 2. The SMILES string of the molecule is CCOc1ccccc1NC(=O)CC12C[C@H]3C[C@@H](CC(Br)(C3)C1)C2. The normalized spacial score (nSPS) is 36.6. The fourth-order valence-electron chi connectivity index (χ4n) is 5.93. The molecule has 0 spiro atoms. The maximum Gasteiger partial charge on any atom is 0.225 e. The minimum Gasteiger partial charge on any atom is -0.492 e. The summed E-state index contributed by atoms with van der Waals surface area (Å²) >= 11 is 4.03. The number of amides is 1. The van der Waals surface area contributed by atoms with Crippen molar-refractivity contribution < 1.29 is 9.53 Å². The summed E-state index contributed by atoms with van der Waals surface area (Å²) in [5.41, 5.74) is 1.00. The van der Waals surface area contributed by atoms with Gasteiger partial charge in [0.2, 0.25) is 5.91 Å². The van der Waals surface area contributed by atoms with Gasteiger partial charge in [-0.2, -0.15) is 0 Å². The molecule has 4 aliphatic carbocycles. The predicted molar refractivity (Wildman–Crippen MR) is 99.6 cm³/mol. The van der Waals surface area contributed by atoms with Crippen molar-refractivity contribution in [3.05, 3.63) is 24.3 Å².